The number of hydrogen-bond donors (Lipinski definition) is 0. The summed E-state index contributed by atoms with van der Waals surface area (Å²) in [6.45, 7) is 5.70. The van der Waals surface area contributed by atoms with E-state index in [1.807, 2.05) is 49.4 Å². The van der Waals surface area contributed by atoms with Crippen LogP contribution in [-0.4, -0.2) is 0 Å². The molecule has 1 aromatic rings. The maximum atomic E-state index is 4.89. The number of allylic oxidation sites excluding steroid dienone is 1. The zero-order chi connectivity index (χ0) is 9.52. The van der Waals surface area contributed by atoms with Gasteiger partial charge < -0.3 is 4.74 Å². The van der Waals surface area contributed by atoms with Crippen molar-refractivity contribution in [3.63, 3.8) is 0 Å². The first-order valence-electron chi connectivity index (χ1n) is 4.33. The highest BCUT2D eigenvalue weighted by atomic mass is 16.5. The number of rotatable bonds is 0. The third-order valence-electron chi connectivity index (χ3n) is 1.76. The molecule has 0 saturated heterocycles. The van der Waals surface area contributed by atoms with Gasteiger partial charge in [-0.25, -0.2) is 0 Å². The molecule has 1 aliphatic heterocycles. The zero-order valence-electron chi connectivity index (χ0n) is 7.81. The molecule has 0 bridgehead atoms. The maximum absolute atomic E-state index is 4.89. The summed E-state index contributed by atoms with van der Waals surface area (Å²) in [5.41, 5.74) is 0. The first kappa shape index (κ1) is 9.59. The highest BCUT2D eigenvalue weighted by molar-refractivity contribution is 5.06. The third-order valence-corrected chi connectivity index (χ3v) is 1.76. The van der Waals surface area contributed by atoms with E-state index in [0.717, 1.165) is 5.76 Å². The Hall–Kier alpha value is -1.50. The molecule has 1 heteroatoms. The monoisotopic (exact) mass is 174 g/mol. The molecule has 1 heterocycles. The Morgan fingerprint density at radius 2 is 1.54 bits per heavy atom. The van der Waals surface area contributed by atoms with Crippen LogP contribution < -0.4 is 0 Å². The first-order chi connectivity index (χ1) is 6.30. The van der Waals surface area contributed by atoms with Gasteiger partial charge in [-0.15, -0.1) is 0 Å². The molecule has 0 amide bonds. The highest BCUT2D eigenvalue weighted by Gasteiger charge is 2.07. The van der Waals surface area contributed by atoms with E-state index in [-0.39, 0.29) is 0 Å². The van der Waals surface area contributed by atoms with Crippen molar-refractivity contribution in [3.8, 4) is 0 Å². The van der Waals surface area contributed by atoms with Crippen molar-refractivity contribution in [1.29, 1.82) is 0 Å². The van der Waals surface area contributed by atoms with Crippen LogP contribution in [0.1, 0.15) is 6.92 Å². The molecule has 1 nitrogen and oxygen atoms in total. The van der Waals surface area contributed by atoms with Gasteiger partial charge in [0.25, 0.3) is 0 Å². The summed E-state index contributed by atoms with van der Waals surface area (Å²) in [4.78, 5) is 0. The second kappa shape index (κ2) is 5.20. The summed E-state index contributed by atoms with van der Waals surface area (Å²) in [5.74, 6) is 1.26. The molecule has 2 rings (SSSR count). The van der Waals surface area contributed by atoms with Gasteiger partial charge in [-0.1, -0.05) is 49.9 Å². The molecule has 68 valence electrons. The van der Waals surface area contributed by atoms with Crippen LogP contribution in [0.3, 0.4) is 0 Å². The molecule has 1 unspecified atom stereocenters. The minimum absolute atomic E-state index is 0.417. The molecule has 0 spiro atoms. The summed E-state index contributed by atoms with van der Waals surface area (Å²) < 4.78 is 4.89. The predicted molar refractivity (Wildman–Crippen MR) is 55.0 cm³/mol. The molecule has 1 aliphatic rings. The first-order valence-corrected chi connectivity index (χ1v) is 4.33. The normalized spacial score (nSPS) is 18.8. The number of benzene rings is 1. The Kier molecular flexibility index (Phi) is 3.83. The summed E-state index contributed by atoms with van der Waals surface area (Å²) in [7, 11) is 0. The van der Waals surface area contributed by atoms with E-state index >= 15 is 0 Å². The molecule has 0 fully saturated rings. The van der Waals surface area contributed by atoms with Gasteiger partial charge in [-0.2, -0.15) is 0 Å². The van der Waals surface area contributed by atoms with E-state index in [1.165, 1.54) is 0 Å². The van der Waals surface area contributed by atoms with Crippen LogP contribution in [0, 0.1) is 5.92 Å². The summed E-state index contributed by atoms with van der Waals surface area (Å²) in [5, 5.41) is 0. The van der Waals surface area contributed by atoms with Crippen molar-refractivity contribution in [2.24, 2.45) is 5.92 Å². The minimum atomic E-state index is 0.417. The van der Waals surface area contributed by atoms with Gasteiger partial charge in [0.05, 0.1) is 6.26 Å². The topological polar surface area (TPSA) is 9.23 Å². The number of hydrogen-bond acceptors (Lipinski definition) is 1. The van der Waals surface area contributed by atoms with Gasteiger partial charge in [0.2, 0.25) is 0 Å². The molecule has 0 radical (unpaired) electrons. The molecule has 0 saturated carbocycles. The smallest absolute Gasteiger partial charge is 0.103 e. The van der Waals surface area contributed by atoms with E-state index in [2.05, 4.69) is 6.58 Å². The minimum Gasteiger partial charge on any atom is -0.470 e. The van der Waals surface area contributed by atoms with Crippen LogP contribution in [-0.2, 0) is 4.74 Å². The largest absolute Gasteiger partial charge is 0.470 e. The lowest BCUT2D eigenvalue weighted by atomic mass is 10.2. The second-order valence-electron chi connectivity index (χ2n) is 2.86. The van der Waals surface area contributed by atoms with Gasteiger partial charge in [0.1, 0.15) is 5.76 Å². The van der Waals surface area contributed by atoms with E-state index in [4.69, 9.17) is 4.74 Å². The van der Waals surface area contributed by atoms with E-state index in [1.54, 1.807) is 6.26 Å². The predicted octanol–water partition coefficient (Wildman–Crippen LogP) is 3.37. The molecule has 1 aromatic carbocycles. The van der Waals surface area contributed by atoms with E-state index < -0.39 is 0 Å². The SMILES string of the molecule is C=C1OC=CC1C.c1ccccc1. The average molecular weight is 174 g/mol. The lowest BCUT2D eigenvalue weighted by Crippen LogP contribution is -1.85. The van der Waals surface area contributed by atoms with Gasteiger partial charge in [-0.05, 0) is 6.08 Å². The lowest BCUT2D eigenvalue weighted by Gasteiger charge is -1.96. The van der Waals surface area contributed by atoms with Crippen LogP contribution in [0.4, 0.5) is 0 Å². The fraction of sp³-hybridized carbons (Fsp3) is 0.167. The van der Waals surface area contributed by atoms with Crippen LogP contribution in [0.2, 0.25) is 0 Å². The van der Waals surface area contributed by atoms with Gasteiger partial charge in [0.15, 0.2) is 0 Å². The third kappa shape index (κ3) is 3.61. The Bertz CT molecular complexity index is 248. The van der Waals surface area contributed by atoms with Crippen molar-refractivity contribution in [1.82, 2.24) is 0 Å². The van der Waals surface area contributed by atoms with Crippen LogP contribution in [0.5, 0.6) is 0 Å². The molecular weight excluding hydrogens is 160 g/mol. The standard InChI is InChI=1S/C6H8O.C6H6/c1-5-3-4-7-6(5)2;1-2-4-6-5-3-1/h3-5H,2H2,1H3;1-6H. The second-order valence-corrected chi connectivity index (χ2v) is 2.86. The fourth-order valence-electron chi connectivity index (χ4n) is 0.844. The van der Waals surface area contributed by atoms with Gasteiger partial charge in [0, 0.05) is 5.92 Å². The van der Waals surface area contributed by atoms with Crippen LogP contribution in [0.25, 0.3) is 0 Å². The summed E-state index contributed by atoms with van der Waals surface area (Å²) >= 11 is 0. The van der Waals surface area contributed by atoms with Crippen molar-refractivity contribution < 1.29 is 4.74 Å². The molecule has 0 N–H and O–H groups in total. The highest BCUT2D eigenvalue weighted by Crippen LogP contribution is 2.17. The Morgan fingerprint density at radius 1 is 1.08 bits per heavy atom. The average Bonchev–Trinajstić information content (AvgIpc) is 2.55. The summed E-state index contributed by atoms with van der Waals surface area (Å²) in [6, 6.07) is 12.0. The summed E-state index contributed by atoms with van der Waals surface area (Å²) in [6.07, 6.45) is 3.65. The fourth-order valence-corrected chi connectivity index (χ4v) is 0.844. The quantitative estimate of drug-likeness (QED) is 0.586. The van der Waals surface area contributed by atoms with Crippen molar-refractivity contribution in [3.05, 3.63) is 61.1 Å². The maximum Gasteiger partial charge on any atom is 0.103 e. The van der Waals surface area contributed by atoms with E-state index in [9.17, 15) is 0 Å². The molecule has 0 aromatic heterocycles. The van der Waals surface area contributed by atoms with Crippen LogP contribution in [0.15, 0.2) is 61.1 Å². The van der Waals surface area contributed by atoms with Crippen molar-refractivity contribution in [2.75, 3.05) is 0 Å². The lowest BCUT2D eigenvalue weighted by molar-refractivity contribution is 0.350. The number of ether oxygens (including phenoxy) is 1. The Balaban J connectivity index is 0.000000132. The van der Waals surface area contributed by atoms with Crippen LogP contribution >= 0.6 is 0 Å². The Morgan fingerprint density at radius 3 is 1.69 bits per heavy atom. The van der Waals surface area contributed by atoms with Crippen molar-refractivity contribution in [2.45, 2.75) is 6.92 Å². The molecule has 0 aliphatic carbocycles. The van der Waals surface area contributed by atoms with Crippen molar-refractivity contribution >= 4 is 0 Å². The molecule has 13 heavy (non-hydrogen) atoms. The van der Waals surface area contributed by atoms with Gasteiger partial charge >= 0.3 is 0 Å². The van der Waals surface area contributed by atoms with Gasteiger partial charge in [-0.3, -0.25) is 0 Å². The van der Waals surface area contributed by atoms with E-state index in [0.29, 0.717) is 5.92 Å². The molecular formula is C12H14O. The zero-order valence-corrected chi connectivity index (χ0v) is 7.81. The molecule has 1 atom stereocenters. The Labute approximate surface area is 79.4 Å².